The lowest BCUT2D eigenvalue weighted by Gasteiger charge is -2.21. The first-order chi connectivity index (χ1) is 10.6. The van der Waals surface area contributed by atoms with Gasteiger partial charge in [-0.05, 0) is 23.4 Å². The van der Waals surface area contributed by atoms with E-state index in [2.05, 4.69) is 15.5 Å². The smallest absolute Gasteiger partial charge is 0.257 e. The second kappa shape index (κ2) is 7.19. The molecule has 1 aromatic carbocycles. The lowest BCUT2D eigenvalue weighted by Crippen LogP contribution is -2.33. The normalized spacial score (nSPS) is 10.5. The second-order valence-electron chi connectivity index (χ2n) is 4.37. The van der Waals surface area contributed by atoms with Crippen LogP contribution < -0.4 is 4.74 Å². The van der Waals surface area contributed by atoms with Crippen molar-refractivity contribution in [3.63, 3.8) is 0 Å². The summed E-state index contributed by atoms with van der Waals surface area (Å²) in [5.74, 6) is 0.0925. The fraction of sp³-hybridized carbons (Fsp3) is 0.385. The summed E-state index contributed by atoms with van der Waals surface area (Å²) in [6.07, 6.45) is 1.40. The Bertz CT molecular complexity index is 647. The van der Waals surface area contributed by atoms with Crippen LogP contribution in [0.2, 0.25) is 5.02 Å². The van der Waals surface area contributed by atoms with E-state index in [0.29, 0.717) is 28.6 Å². The van der Waals surface area contributed by atoms with E-state index in [1.54, 1.807) is 6.07 Å². The van der Waals surface area contributed by atoms with Crippen LogP contribution in [0.5, 0.6) is 5.75 Å². The van der Waals surface area contributed by atoms with Crippen molar-refractivity contribution >= 4 is 17.5 Å². The Morgan fingerprint density at radius 2 is 2.27 bits per heavy atom. The Balaban J connectivity index is 2.44. The van der Waals surface area contributed by atoms with E-state index in [9.17, 15) is 4.79 Å². The Morgan fingerprint density at radius 3 is 2.82 bits per heavy atom. The quantitative estimate of drug-likeness (QED) is 0.843. The third kappa shape index (κ3) is 3.18. The Kier molecular flexibility index (Phi) is 5.29. The molecule has 0 aliphatic rings. The predicted octanol–water partition coefficient (Wildman–Crippen LogP) is 0.779. The van der Waals surface area contributed by atoms with Gasteiger partial charge in [-0.15, -0.1) is 5.10 Å². The molecular weight excluding hydrogens is 310 g/mol. The molecule has 1 amide bonds. The molecule has 0 radical (unpaired) electrons. The van der Waals surface area contributed by atoms with Gasteiger partial charge in [0.15, 0.2) is 0 Å². The molecule has 0 saturated carbocycles. The number of rotatable bonds is 6. The van der Waals surface area contributed by atoms with Crippen molar-refractivity contribution in [2.75, 3.05) is 26.8 Å². The molecule has 118 valence electrons. The second-order valence-corrected chi connectivity index (χ2v) is 4.77. The molecule has 2 aromatic rings. The standard InChI is InChI=1S/C13H16ClN5O3/c1-3-18(4-5-20)13(21)9-6-10(14)11(7-12(9)22-2)19-8-15-16-17-19/h6-8,20H,3-5H2,1-2H3. The Hall–Kier alpha value is -2.19. The van der Waals surface area contributed by atoms with Gasteiger partial charge >= 0.3 is 0 Å². The van der Waals surface area contributed by atoms with Crippen molar-refractivity contribution in [3.05, 3.63) is 29.0 Å². The molecule has 0 bridgehead atoms. The van der Waals surface area contributed by atoms with Crippen LogP contribution in [0, 0.1) is 0 Å². The van der Waals surface area contributed by atoms with Crippen molar-refractivity contribution < 1.29 is 14.6 Å². The summed E-state index contributed by atoms with van der Waals surface area (Å²) >= 11 is 6.23. The number of amides is 1. The number of ether oxygens (including phenoxy) is 1. The maximum atomic E-state index is 12.5. The monoisotopic (exact) mass is 325 g/mol. The number of aliphatic hydroxyl groups is 1. The molecule has 1 aromatic heterocycles. The zero-order valence-corrected chi connectivity index (χ0v) is 13.0. The molecule has 0 atom stereocenters. The highest BCUT2D eigenvalue weighted by molar-refractivity contribution is 6.33. The van der Waals surface area contributed by atoms with Crippen LogP contribution in [0.25, 0.3) is 5.69 Å². The number of tetrazole rings is 1. The molecule has 0 aliphatic carbocycles. The van der Waals surface area contributed by atoms with Gasteiger partial charge in [-0.25, -0.2) is 0 Å². The minimum atomic E-state index is -0.265. The fourth-order valence-electron chi connectivity index (χ4n) is 2.02. The van der Waals surface area contributed by atoms with Crippen LogP contribution in [-0.4, -0.2) is 62.9 Å². The van der Waals surface area contributed by atoms with E-state index < -0.39 is 0 Å². The molecule has 22 heavy (non-hydrogen) atoms. The molecule has 0 fully saturated rings. The van der Waals surface area contributed by atoms with E-state index >= 15 is 0 Å². The van der Waals surface area contributed by atoms with Gasteiger partial charge < -0.3 is 14.7 Å². The number of benzene rings is 1. The van der Waals surface area contributed by atoms with Crippen molar-refractivity contribution in [1.29, 1.82) is 0 Å². The molecule has 0 saturated heterocycles. The van der Waals surface area contributed by atoms with Crippen molar-refractivity contribution in [2.24, 2.45) is 0 Å². The average Bonchev–Trinajstić information content (AvgIpc) is 3.05. The minimum Gasteiger partial charge on any atom is -0.496 e. The number of halogens is 1. The average molecular weight is 326 g/mol. The lowest BCUT2D eigenvalue weighted by molar-refractivity contribution is 0.0728. The van der Waals surface area contributed by atoms with Crippen LogP contribution >= 0.6 is 11.6 Å². The van der Waals surface area contributed by atoms with E-state index in [-0.39, 0.29) is 19.1 Å². The van der Waals surface area contributed by atoms with E-state index in [1.165, 1.54) is 29.1 Å². The number of hydrogen-bond acceptors (Lipinski definition) is 6. The van der Waals surface area contributed by atoms with Gasteiger partial charge in [-0.1, -0.05) is 11.6 Å². The van der Waals surface area contributed by atoms with E-state index in [1.807, 2.05) is 6.92 Å². The Labute approximate surface area is 132 Å². The van der Waals surface area contributed by atoms with Crippen LogP contribution in [0.1, 0.15) is 17.3 Å². The molecule has 8 nitrogen and oxygen atoms in total. The maximum Gasteiger partial charge on any atom is 0.257 e. The summed E-state index contributed by atoms with van der Waals surface area (Å²) in [4.78, 5) is 14.0. The summed E-state index contributed by atoms with van der Waals surface area (Å²) in [6, 6.07) is 3.11. The van der Waals surface area contributed by atoms with Crippen molar-refractivity contribution in [1.82, 2.24) is 25.1 Å². The largest absolute Gasteiger partial charge is 0.496 e. The number of hydrogen-bond donors (Lipinski definition) is 1. The van der Waals surface area contributed by atoms with E-state index in [0.717, 1.165) is 0 Å². The number of aliphatic hydroxyl groups excluding tert-OH is 1. The minimum absolute atomic E-state index is 0.113. The molecule has 1 heterocycles. The molecule has 0 spiro atoms. The van der Waals surface area contributed by atoms with E-state index in [4.69, 9.17) is 21.4 Å². The summed E-state index contributed by atoms with van der Waals surface area (Å²) < 4.78 is 6.66. The van der Waals surface area contributed by atoms with Gasteiger partial charge in [0.25, 0.3) is 5.91 Å². The third-order valence-corrected chi connectivity index (χ3v) is 3.44. The van der Waals surface area contributed by atoms with Crippen LogP contribution in [0.3, 0.4) is 0 Å². The molecule has 0 aliphatic heterocycles. The number of likely N-dealkylation sites (N-methyl/N-ethyl adjacent to an activating group) is 1. The summed E-state index contributed by atoms with van der Waals surface area (Å²) in [5.41, 5.74) is 0.824. The SMILES string of the molecule is CCN(CCO)C(=O)c1cc(Cl)c(-n2cnnn2)cc1OC. The van der Waals surface area contributed by atoms with Gasteiger partial charge in [0.2, 0.25) is 0 Å². The maximum absolute atomic E-state index is 12.5. The zero-order chi connectivity index (χ0) is 16.1. The van der Waals surface area contributed by atoms with Crippen LogP contribution in [-0.2, 0) is 0 Å². The summed E-state index contributed by atoms with van der Waals surface area (Å²) in [7, 11) is 1.46. The molecule has 9 heteroatoms. The lowest BCUT2D eigenvalue weighted by atomic mass is 10.1. The highest BCUT2D eigenvalue weighted by Gasteiger charge is 2.21. The van der Waals surface area contributed by atoms with Crippen molar-refractivity contribution in [3.8, 4) is 11.4 Å². The number of nitrogens with zero attached hydrogens (tertiary/aromatic N) is 5. The topological polar surface area (TPSA) is 93.4 Å². The molecule has 0 unspecified atom stereocenters. The first-order valence-corrected chi connectivity index (χ1v) is 7.01. The van der Waals surface area contributed by atoms with Gasteiger partial charge in [0.05, 0.1) is 30.0 Å². The summed E-state index contributed by atoms with van der Waals surface area (Å²) in [6.45, 7) is 2.43. The molecule has 2 rings (SSSR count). The number of carbonyl (C=O) groups excluding carboxylic acids is 1. The molecule has 1 N–H and O–H groups in total. The first-order valence-electron chi connectivity index (χ1n) is 6.63. The van der Waals surface area contributed by atoms with Gasteiger partial charge in [0.1, 0.15) is 12.1 Å². The summed E-state index contributed by atoms with van der Waals surface area (Å²) in [5, 5.41) is 20.2. The predicted molar refractivity (Wildman–Crippen MR) is 79.4 cm³/mol. The van der Waals surface area contributed by atoms with Crippen LogP contribution in [0.15, 0.2) is 18.5 Å². The van der Waals surface area contributed by atoms with Crippen molar-refractivity contribution in [2.45, 2.75) is 6.92 Å². The molecular formula is C13H16ClN5O3. The Morgan fingerprint density at radius 1 is 1.50 bits per heavy atom. The van der Waals surface area contributed by atoms with Gasteiger partial charge in [0, 0.05) is 19.2 Å². The third-order valence-electron chi connectivity index (χ3n) is 3.13. The van der Waals surface area contributed by atoms with Gasteiger partial charge in [-0.2, -0.15) is 4.68 Å². The highest BCUT2D eigenvalue weighted by Crippen LogP contribution is 2.30. The number of carbonyl (C=O) groups is 1. The number of methoxy groups -OCH3 is 1. The zero-order valence-electron chi connectivity index (χ0n) is 12.2. The fourth-order valence-corrected chi connectivity index (χ4v) is 2.27. The first kappa shape index (κ1) is 16.2. The highest BCUT2D eigenvalue weighted by atomic mass is 35.5. The van der Waals surface area contributed by atoms with Gasteiger partial charge in [-0.3, -0.25) is 4.79 Å². The number of aromatic nitrogens is 4. The van der Waals surface area contributed by atoms with Crippen LogP contribution in [0.4, 0.5) is 0 Å².